The molecule has 24 heavy (non-hydrogen) atoms. The largest absolute Gasteiger partial charge is 0.389 e. The Morgan fingerprint density at radius 2 is 1.96 bits per heavy atom. The number of urea groups is 1. The van der Waals surface area contributed by atoms with Crippen LogP contribution in [-0.2, 0) is 6.54 Å². The monoisotopic (exact) mass is 346 g/mol. The van der Waals surface area contributed by atoms with Gasteiger partial charge in [-0.15, -0.1) is 11.3 Å². The van der Waals surface area contributed by atoms with Crippen LogP contribution in [0.1, 0.15) is 37.1 Å². The molecule has 1 unspecified atom stereocenters. The van der Waals surface area contributed by atoms with E-state index in [1.165, 1.54) is 4.88 Å². The molecule has 130 valence electrons. The predicted octanol–water partition coefficient (Wildman–Crippen LogP) is 3.83. The van der Waals surface area contributed by atoms with Crippen LogP contribution in [0.25, 0.3) is 0 Å². The fourth-order valence-electron chi connectivity index (χ4n) is 2.49. The van der Waals surface area contributed by atoms with Crippen molar-refractivity contribution in [3.05, 3.63) is 58.3 Å². The molecule has 0 saturated heterocycles. The van der Waals surface area contributed by atoms with E-state index in [2.05, 4.69) is 18.3 Å². The molecule has 0 aliphatic rings. The van der Waals surface area contributed by atoms with Gasteiger partial charge in [-0.2, -0.15) is 0 Å². The van der Waals surface area contributed by atoms with Gasteiger partial charge < -0.3 is 15.3 Å². The molecule has 0 aliphatic carbocycles. The maximum Gasteiger partial charge on any atom is 0.317 e. The highest BCUT2D eigenvalue weighted by Gasteiger charge is 2.23. The van der Waals surface area contributed by atoms with Gasteiger partial charge in [-0.05, 0) is 30.9 Å². The lowest BCUT2D eigenvalue weighted by atomic mass is 10.1. The topological polar surface area (TPSA) is 52.6 Å². The molecule has 0 bridgehead atoms. The summed E-state index contributed by atoms with van der Waals surface area (Å²) >= 11 is 1.70. The highest BCUT2D eigenvalue weighted by atomic mass is 32.1. The molecule has 4 nitrogen and oxygen atoms in total. The van der Waals surface area contributed by atoms with Gasteiger partial charge in [0.15, 0.2) is 0 Å². The van der Waals surface area contributed by atoms with Crippen LogP contribution in [0.15, 0.2) is 47.8 Å². The molecule has 0 radical (unpaired) electrons. The number of nitrogens with zero attached hydrogens (tertiary/aromatic N) is 1. The minimum atomic E-state index is -0.939. The summed E-state index contributed by atoms with van der Waals surface area (Å²) in [5.41, 5.74) is 0.106. The van der Waals surface area contributed by atoms with Crippen LogP contribution in [-0.4, -0.2) is 34.7 Å². The summed E-state index contributed by atoms with van der Waals surface area (Å²) in [6.07, 6.45) is 0. The van der Waals surface area contributed by atoms with Gasteiger partial charge in [0.25, 0.3) is 0 Å². The van der Waals surface area contributed by atoms with Crippen molar-refractivity contribution < 1.29 is 9.90 Å². The molecule has 5 heteroatoms. The third-order valence-electron chi connectivity index (χ3n) is 3.67. The average Bonchev–Trinajstić information content (AvgIpc) is 3.06. The van der Waals surface area contributed by atoms with E-state index in [1.807, 2.05) is 41.8 Å². The fraction of sp³-hybridized carbons (Fsp3) is 0.421. The first-order valence-electron chi connectivity index (χ1n) is 8.17. The Labute approximate surface area is 148 Å². The summed E-state index contributed by atoms with van der Waals surface area (Å²) in [4.78, 5) is 15.5. The minimum Gasteiger partial charge on any atom is -0.389 e. The van der Waals surface area contributed by atoms with Crippen molar-refractivity contribution in [2.45, 2.75) is 38.8 Å². The van der Waals surface area contributed by atoms with Crippen molar-refractivity contribution in [2.75, 3.05) is 13.1 Å². The zero-order valence-corrected chi connectivity index (χ0v) is 15.3. The zero-order valence-electron chi connectivity index (χ0n) is 14.5. The van der Waals surface area contributed by atoms with Gasteiger partial charge >= 0.3 is 6.03 Å². The lowest BCUT2D eigenvalue weighted by Gasteiger charge is -2.29. The lowest BCUT2D eigenvalue weighted by Crippen LogP contribution is -2.47. The van der Waals surface area contributed by atoms with Crippen LogP contribution < -0.4 is 5.32 Å². The summed E-state index contributed by atoms with van der Waals surface area (Å²) in [6.45, 7) is 6.87. The predicted molar refractivity (Wildman–Crippen MR) is 99.3 cm³/mol. The van der Waals surface area contributed by atoms with Gasteiger partial charge in [-0.25, -0.2) is 4.79 Å². The van der Waals surface area contributed by atoms with Crippen molar-refractivity contribution in [2.24, 2.45) is 0 Å². The van der Waals surface area contributed by atoms with Crippen LogP contribution in [0.2, 0.25) is 0 Å². The van der Waals surface area contributed by atoms with Crippen molar-refractivity contribution in [3.8, 4) is 0 Å². The van der Waals surface area contributed by atoms with E-state index < -0.39 is 5.60 Å². The molecule has 0 aliphatic heterocycles. The molecule has 1 aromatic carbocycles. The molecular formula is C19H26N2O2S. The van der Waals surface area contributed by atoms with E-state index in [4.69, 9.17) is 0 Å². The first-order valence-corrected chi connectivity index (χ1v) is 9.05. The van der Waals surface area contributed by atoms with Crippen LogP contribution in [0.3, 0.4) is 0 Å². The number of rotatable bonds is 7. The van der Waals surface area contributed by atoms with Crippen molar-refractivity contribution in [3.63, 3.8) is 0 Å². The molecule has 1 aromatic heterocycles. The number of aliphatic hydroxyl groups is 1. The van der Waals surface area contributed by atoms with Gasteiger partial charge in [0, 0.05) is 23.9 Å². The Hall–Kier alpha value is -1.85. The SMILES string of the molecule is CC(CNC(=O)N(Cc1ccccc1)CC(C)(C)O)c1cccs1. The van der Waals surface area contributed by atoms with Crippen LogP contribution in [0.5, 0.6) is 0 Å². The summed E-state index contributed by atoms with van der Waals surface area (Å²) in [5.74, 6) is 0.273. The van der Waals surface area contributed by atoms with Crippen molar-refractivity contribution >= 4 is 17.4 Å². The zero-order chi connectivity index (χ0) is 17.6. The van der Waals surface area contributed by atoms with E-state index >= 15 is 0 Å². The number of carbonyl (C=O) groups excluding carboxylic acids is 1. The molecule has 2 amide bonds. The summed E-state index contributed by atoms with van der Waals surface area (Å²) < 4.78 is 0. The number of nitrogens with one attached hydrogen (secondary N) is 1. The van der Waals surface area contributed by atoms with E-state index in [-0.39, 0.29) is 18.5 Å². The number of hydrogen-bond acceptors (Lipinski definition) is 3. The fourth-order valence-corrected chi connectivity index (χ4v) is 3.28. The van der Waals surface area contributed by atoms with E-state index in [0.717, 1.165) is 5.56 Å². The molecule has 1 heterocycles. The number of amides is 2. The number of hydrogen-bond donors (Lipinski definition) is 2. The van der Waals surface area contributed by atoms with Gasteiger partial charge in [-0.1, -0.05) is 43.3 Å². The first-order chi connectivity index (χ1) is 11.3. The quantitative estimate of drug-likeness (QED) is 0.800. The lowest BCUT2D eigenvalue weighted by molar-refractivity contribution is 0.0446. The smallest absolute Gasteiger partial charge is 0.317 e. The van der Waals surface area contributed by atoms with E-state index in [1.54, 1.807) is 30.1 Å². The normalized spacial score (nSPS) is 12.7. The highest BCUT2D eigenvalue weighted by molar-refractivity contribution is 7.10. The Morgan fingerprint density at radius 1 is 1.25 bits per heavy atom. The van der Waals surface area contributed by atoms with Gasteiger partial charge in [0.05, 0.1) is 12.1 Å². The Kier molecular flexibility index (Phi) is 6.40. The Balaban J connectivity index is 1.98. The summed E-state index contributed by atoms with van der Waals surface area (Å²) in [5, 5.41) is 15.2. The maximum atomic E-state index is 12.6. The molecule has 0 spiro atoms. The summed E-state index contributed by atoms with van der Waals surface area (Å²) in [6, 6.07) is 13.8. The second-order valence-electron chi connectivity index (χ2n) is 6.76. The standard InChI is InChI=1S/C19H26N2O2S/c1-15(17-10-7-11-24-17)12-20-18(22)21(14-19(2,3)23)13-16-8-5-4-6-9-16/h4-11,15,23H,12-14H2,1-3H3,(H,20,22). The molecule has 0 fully saturated rings. The van der Waals surface area contributed by atoms with Crippen LogP contribution in [0.4, 0.5) is 4.79 Å². The van der Waals surface area contributed by atoms with Gasteiger partial charge in [-0.3, -0.25) is 0 Å². The van der Waals surface area contributed by atoms with Crippen LogP contribution >= 0.6 is 11.3 Å². The minimum absolute atomic E-state index is 0.149. The van der Waals surface area contributed by atoms with Gasteiger partial charge in [0.1, 0.15) is 0 Å². The second kappa shape index (κ2) is 8.31. The third kappa shape index (κ3) is 5.98. The van der Waals surface area contributed by atoms with E-state index in [0.29, 0.717) is 13.1 Å². The molecule has 1 atom stereocenters. The van der Waals surface area contributed by atoms with Gasteiger partial charge in [0.2, 0.25) is 0 Å². The first kappa shape index (κ1) is 18.5. The Morgan fingerprint density at radius 3 is 2.54 bits per heavy atom. The molecule has 2 aromatic rings. The molecule has 2 rings (SSSR count). The molecular weight excluding hydrogens is 320 g/mol. The number of thiophene rings is 1. The highest BCUT2D eigenvalue weighted by Crippen LogP contribution is 2.20. The van der Waals surface area contributed by atoms with E-state index in [9.17, 15) is 9.90 Å². The average molecular weight is 346 g/mol. The second-order valence-corrected chi connectivity index (χ2v) is 7.74. The van der Waals surface area contributed by atoms with Crippen LogP contribution in [0, 0.1) is 0 Å². The number of benzene rings is 1. The van der Waals surface area contributed by atoms with Crippen molar-refractivity contribution in [1.82, 2.24) is 10.2 Å². The third-order valence-corrected chi connectivity index (χ3v) is 4.77. The number of carbonyl (C=O) groups is 1. The van der Waals surface area contributed by atoms with Crippen molar-refractivity contribution in [1.29, 1.82) is 0 Å². The maximum absolute atomic E-state index is 12.6. The molecule has 2 N–H and O–H groups in total. The summed E-state index contributed by atoms with van der Waals surface area (Å²) in [7, 11) is 0. The molecule has 0 saturated carbocycles. The Bertz CT molecular complexity index is 621.